The highest BCUT2D eigenvalue weighted by Crippen LogP contribution is 2.31. The Hall–Kier alpha value is -3.25. The number of aromatic nitrogens is 4. The molecule has 3 N–H and O–H groups in total. The Morgan fingerprint density at radius 3 is 2.55 bits per heavy atom. The van der Waals surface area contributed by atoms with Gasteiger partial charge in [-0.05, 0) is 36.0 Å². The van der Waals surface area contributed by atoms with Gasteiger partial charge in [-0.15, -0.1) is 0 Å². The average molecular weight is 385 g/mol. The average Bonchev–Trinajstić information content (AvgIpc) is 3.32. The van der Waals surface area contributed by atoms with Crippen molar-refractivity contribution in [2.75, 3.05) is 5.32 Å². The highest BCUT2D eigenvalue weighted by atomic mass is 16.3. The molecule has 3 atom stereocenters. The lowest BCUT2D eigenvalue weighted by atomic mass is 10.0. The first-order chi connectivity index (χ1) is 14.2. The fourth-order valence-electron chi connectivity index (χ4n) is 4.08. The first-order valence-electron chi connectivity index (χ1n) is 9.98. The molecule has 0 radical (unpaired) electrons. The van der Waals surface area contributed by atoms with Gasteiger partial charge in [-0.1, -0.05) is 55.5 Å². The monoisotopic (exact) mass is 385 g/mol. The van der Waals surface area contributed by atoms with E-state index in [1.165, 1.54) is 5.56 Å². The molecule has 2 heterocycles. The molecule has 1 aliphatic carbocycles. The number of aliphatic hydroxyl groups excluding tert-OH is 1. The molecule has 2 aromatic heterocycles. The second-order valence-corrected chi connectivity index (χ2v) is 7.81. The number of nitrogens with zero attached hydrogens (tertiary/aromatic N) is 3. The molecule has 0 saturated heterocycles. The van der Waals surface area contributed by atoms with E-state index in [-0.39, 0.29) is 12.1 Å². The van der Waals surface area contributed by atoms with Crippen LogP contribution in [0.5, 0.6) is 0 Å². The molecule has 0 spiro atoms. The Morgan fingerprint density at radius 2 is 1.76 bits per heavy atom. The van der Waals surface area contributed by atoms with E-state index in [9.17, 15) is 5.11 Å². The summed E-state index contributed by atoms with van der Waals surface area (Å²) in [5.41, 5.74) is 4.74. The van der Waals surface area contributed by atoms with Crippen LogP contribution in [0.3, 0.4) is 0 Å². The number of aromatic amines is 1. The predicted octanol–water partition coefficient (Wildman–Crippen LogP) is 4.26. The summed E-state index contributed by atoms with van der Waals surface area (Å²) in [4.78, 5) is 16.9. The van der Waals surface area contributed by atoms with E-state index in [2.05, 4.69) is 51.5 Å². The van der Waals surface area contributed by atoms with E-state index in [0.29, 0.717) is 17.4 Å². The third-order valence-corrected chi connectivity index (χ3v) is 5.71. The van der Waals surface area contributed by atoms with E-state index >= 15 is 0 Å². The fraction of sp³-hybridized carbons (Fsp3) is 0.261. The topological polar surface area (TPSA) is 86.7 Å². The normalized spacial score (nSPS) is 21.5. The number of imidazole rings is 1. The van der Waals surface area contributed by atoms with Crippen molar-refractivity contribution >= 4 is 17.0 Å². The summed E-state index contributed by atoms with van der Waals surface area (Å²) in [5.74, 6) is 1.77. The van der Waals surface area contributed by atoms with Crippen molar-refractivity contribution < 1.29 is 5.11 Å². The van der Waals surface area contributed by atoms with Gasteiger partial charge in [0.05, 0.1) is 6.10 Å². The van der Waals surface area contributed by atoms with Gasteiger partial charge in [0.15, 0.2) is 17.0 Å². The van der Waals surface area contributed by atoms with Gasteiger partial charge < -0.3 is 15.4 Å². The maximum Gasteiger partial charge on any atom is 0.163 e. The van der Waals surface area contributed by atoms with Crippen LogP contribution in [0.1, 0.15) is 19.8 Å². The lowest BCUT2D eigenvalue weighted by molar-refractivity contribution is 0.141. The van der Waals surface area contributed by atoms with Crippen molar-refractivity contribution in [1.82, 2.24) is 19.9 Å². The summed E-state index contributed by atoms with van der Waals surface area (Å²) >= 11 is 0. The van der Waals surface area contributed by atoms with Crippen LogP contribution in [0, 0.1) is 5.92 Å². The lowest BCUT2D eigenvalue weighted by Crippen LogP contribution is -2.17. The van der Waals surface area contributed by atoms with Crippen LogP contribution in [-0.2, 0) is 0 Å². The molecular weight excluding hydrogens is 362 g/mol. The Morgan fingerprint density at radius 1 is 0.966 bits per heavy atom. The number of anilines is 1. The van der Waals surface area contributed by atoms with Crippen molar-refractivity contribution in [2.45, 2.75) is 31.9 Å². The highest BCUT2D eigenvalue weighted by Gasteiger charge is 2.30. The maximum absolute atomic E-state index is 10.0. The van der Waals surface area contributed by atoms with Gasteiger partial charge in [-0.2, -0.15) is 0 Å². The first kappa shape index (κ1) is 17.8. The molecule has 0 amide bonds. The molecule has 6 nitrogen and oxygen atoms in total. The van der Waals surface area contributed by atoms with E-state index in [4.69, 9.17) is 4.98 Å². The van der Waals surface area contributed by atoms with Crippen LogP contribution >= 0.6 is 0 Å². The molecule has 146 valence electrons. The molecule has 1 fully saturated rings. The summed E-state index contributed by atoms with van der Waals surface area (Å²) < 4.78 is 0. The summed E-state index contributed by atoms with van der Waals surface area (Å²) in [7, 11) is 0. The Bertz CT molecular complexity index is 1130. The number of fused-ring (bicyclic) bond motifs is 1. The molecule has 1 saturated carbocycles. The minimum atomic E-state index is -0.264. The summed E-state index contributed by atoms with van der Waals surface area (Å²) in [6.07, 6.45) is 2.92. The lowest BCUT2D eigenvalue weighted by Gasteiger charge is -2.12. The van der Waals surface area contributed by atoms with Crippen molar-refractivity contribution in [3.8, 4) is 22.5 Å². The standard InChI is InChI=1S/C23H23N5O/c1-14-10-18(12-19(14)29)26-22-20-23(25-13-24-22)28-21(27-20)17-9-5-8-16(11-17)15-6-3-2-4-7-15/h2-9,11,13-14,18-19,29H,10,12H2,1H3,(H2,24,25,26,27,28)/t14-,18+,19+/m0/s1. The quantitative estimate of drug-likeness (QED) is 0.489. The Labute approximate surface area is 169 Å². The molecule has 4 aromatic rings. The van der Waals surface area contributed by atoms with Crippen molar-refractivity contribution in [3.05, 3.63) is 60.9 Å². The van der Waals surface area contributed by atoms with Crippen LogP contribution in [0.15, 0.2) is 60.9 Å². The molecule has 5 rings (SSSR count). The van der Waals surface area contributed by atoms with Gasteiger partial charge in [-0.3, -0.25) is 0 Å². The number of nitrogens with one attached hydrogen (secondary N) is 2. The van der Waals surface area contributed by atoms with Crippen LogP contribution < -0.4 is 5.32 Å². The minimum absolute atomic E-state index is 0.194. The van der Waals surface area contributed by atoms with Gasteiger partial charge >= 0.3 is 0 Å². The maximum atomic E-state index is 10.0. The SMILES string of the molecule is C[C@H]1C[C@@H](Nc2ncnc3[nH]c(-c4cccc(-c5ccccc5)c4)nc23)C[C@H]1O. The van der Waals surface area contributed by atoms with Gasteiger partial charge in [0.1, 0.15) is 12.2 Å². The van der Waals surface area contributed by atoms with E-state index in [1.807, 2.05) is 30.3 Å². The molecule has 0 aliphatic heterocycles. The Kier molecular flexibility index (Phi) is 4.48. The predicted molar refractivity (Wildman–Crippen MR) is 114 cm³/mol. The van der Waals surface area contributed by atoms with Crippen molar-refractivity contribution in [3.63, 3.8) is 0 Å². The summed E-state index contributed by atoms with van der Waals surface area (Å²) in [6, 6.07) is 18.8. The van der Waals surface area contributed by atoms with Gasteiger partial charge in [0, 0.05) is 11.6 Å². The molecule has 0 unspecified atom stereocenters. The first-order valence-corrected chi connectivity index (χ1v) is 9.98. The third kappa shape index (κ3) is 3.47. The largest absolute Gasteiger partial charge is 0.393 e. The van der Waals surface area contributed by atoms with Crippen LogP contribution in [0.4, 0.5) is 5.82 Å². The minimum Gasteiger partial charge on any atom is -0.393 e. The van der Waals surface area contributed by atoms with E-state index in [0.717, 1.165) is 35.3 Å². The molecule has 0 bridgehead atoms. The summed E-state index contributed by atoms with van der Waals surface area (Å²) in [5, 5.41) is 13.5. The van der Waals surface area contributed by atoms with E-state index in [1.54, 1.807) is 6.33 Å². The molecule has 1 aliphatic rings. The number of hydrogen-bond donors (Lipinski definition) is 3. The molecule has 6 heteroatoms. The summed E-state index contributed by atoms with van der Waals surface area (Å²) in [6.45, 7) is 2.08. The van der Waals surface area contributed by atoms with Crippen LogP contribution in [-0.4, -0.2) is 37.2 Å². The molecule has 2 aromatic carbocycles. The van der Waals surface area contributed by atoms with Crippen molar-refractivity contribution in [1.29, 1.82) is 0 Å². The molecule has 29 heavy (non-hydrogen) atoms. The fourth-order valence-corrected chi connectivity index (χ4v) is 4.08. The van der Waals surface area contributed by atoms with Crippen molar-refractivity contribution in [2.24, 2.45) is 5.92 Å². The third-order valence-electron chi connectivity index (χ3n) is 5.71. The zero-order valence-electron chi connectivity index (χ0n) is 16.2. The Balaban J connectivity index is 1.48. The second-order valence-electron chi connectivity index (χ2n) is 7.81. The number of hydrogen-bond acceptors (Lipinski definition) is 5. The number of H-pyrrole nitrogens is 1. The highest BCUT2D eigenvalue weighted by molar-refractivity contribution is 5.86. The van der Waals surface area contributed by atoms with Gasteiger partial charge in [-0.25, -0.2) is 15.0 Å². The van der Waals surface area contributed by atoms with Crippen LogP contribution in [0.25, 0.3) is 33.7 Å². The van der Waals surface area contributed by atoms with E-state index < -0.39 is 0 Å². The van der Waals surface area contributed by atoms with Gasteiger partial charge in [0.25, 0.3) is 0 Å². The molecular formula is C23H23N5O. The number of rotatable bonds is 4. The number of benzene rings is 2. The van der Waals surface area contributed by atoms with Gasteiger partial charge in [0.2, 0.25) is 0 Å². The van der Waals surface area contributed by atoms with Crippen LogP contribution in [0.2, 0.25) is 0 Å². The smallest absolute Gasteiger partial charge is 0.163 e. The zero-order chi connectivity index (χ0) is 19.8. The zero-order valence-corrected chi connectivity index (χ0v) is 16.2. The number of aliphatic hydroxyl groups is 1. The second kappa shape index (κ2) is 7.29.